The van der Waals surface area contributed by atoms with Gasteiger partial charge in [0.25, 0.3) is 0 Å². The summed E-state index contributed by atoms with van der Waals surface area (Å²) in [6.45, 7) is 2.50. The molecule has 1 amide bonds. The van der Waals surface area contributed by atoms with Gasteiger partial charge in [-0.2, -0.15) is 13.2 Å². The van der Waals surface area contributed by atoms with Crippen molar-refractivity contribution in [1.82, 2.24) is 18.9 Å². The molecule has 0 bridgehead atoms. The molecular formula is C22H21Cl2F3N4O. The standard InChI is InChI=1S/C22H21Cl2F3N4O/c1-13-9-15(22(25,26)27)11-17-19(13)28-18(29(17)2)10-14-5-3-4-6-16(14)20-21(23)30(12-32)7-8-31(20)24/h3-6,9,11-12,20-21H,7-8,10H2,1-2H3. The first-order valence-electron chi connectivity index (χ1n) is 10.00. The van der Waals surface area contributed by atoms with Crippen LogP contribution in [0.2, 0.25) is 0 Å². The second kappa shape index (κ2) is 8.57. The van der Waals surface area contributed by atoms with Crippen LogP contribution in [0.25, 0.3) is 11.0 Å². The predicted molar refractivity (Wildman–Crippen MR) is 117 cm³/mol. The molecule has 10 heteroatoms. The van der Waals surface area contributed by atoms with Crippen LogP contribution >= 0.6 is 23.4 Å². The molecule has 2 atom stereocenters. The zero-order chi connectivity index (χ0) is 23.2. The second-order valence-corrected chi connectivity index (χ2v) is 8.79. The number of benzene rings is 2. The van der Waals surface area contributed by atoms with Crippen LogP contribution in [0, 0.1) is 6.92 Å². The summed E-state index contributed by atoms with van der Waals surface area (Å²) >= 11 is 13.0. The summed E-state index contributed by atoms with van der Waals surface area (Å²) in [6.07, 6.45) is -3.35. The van der Waals surface area contributed by atoms with Gasteiger partial charge in [-0.1, -0.05) is 35.9 Å². The van der Waals surface area contributed by atoms with Gasteiger partial charge in [-0.3, -0.25) is 4.79 Å². The highest BCUT2D eigenvalue weighted by Gasteiger charge is 2.37. The lowest BCUT2D eigenvalue weighted by Gasteiger charge is -2.40. The van der Waals surface area contributed by atoms with Crippen LogP contribution < -0.4 is 0 Å². The van der Waals surface area contributed by atoms with Gasteiger partial charge in [0.2, 0.25) is 6.41 Å². The minimum atomic E-state index is -4.43. The first kappa shape index (κ1) is 22.9. The molecule has 1 saturated heterocycles. The lowest BCUT2D eigenvalue weighted by atomic mass is 9.96. The number of hydrogen-bond donors (Lipinski definition) is 0. The Bertz CT molecular complexity index is 1160. The van der Waals surface area contributed by atoms with Crippen LogP contribution in [-0.2, 0) is 24.4 Å². The van der Waals surface area contributed by atoms with Crippen molar-refractivity contribution in [3.63, 3.8) is 0 Å². The smallest absolute Gasteiger partial charge is 0.331 e. The van der Waals surface area contributed by atoms with Gasteiger partial charge >= 0.3 is 6.18 Å². The van der Waals surface area contributed by atoms with E-state index < -0.39 is 23.3 Å². The molecule has 5 nitrogen and oxygen atoms in total. The van der Waals surface area contributed by atoms with Crippen molar-refractivity contribution in [2.75, 3.05) is 13.1 Å². The number of carbonyl (C=O) groups excluding carboxylic acids is 1. The lowest BCUT2D eigenvalue weighted by Crippen LogP contribution is -2.49. The van der Waals surface area contributed by atoms with Crippen LogP contribution in [-0.4, -0.2) is 43.9 Å². The average Bonchev–Trinajstić information content (AvgIpc) is 3.05. The molecule has 32 heavy (non-hydrogen) atoms. The van der Waals surface area contributed by atoms with E-state index in [-0.39, 0.29) is 0 Å². The molecule has 0 saturated carbocycles. The van der Waals surface area contributed by atoms with Crippen molar-refractivity contribution in [2.24, 2.45) is 7.05 Å². The zero-order valence-corrected chi connectivity index (χ0v) is 18.9. The van der Waals surface area contributed by atoms with Crippen LogP contribution in [0.15, 0.2) is 36.4 Å². The first-order chi connectivity index (χ1) is 15.1. The molecule has 1 aliphatic rings. The van der Waals surface area contributed by atoms with Crippen LogP contribution in [0.5, 0.6) is 0 Å². The van der Waals surface area contributed by atoms with Gasteiger partial charge < -0.3 is 9.47 Å². The van der Waals surface area contributed by atoms with E-state index in [0.717, 1.165) is 23.3 Å². The summed E-state index contributed by atoms with van der Waals surface area (Å²) in [7, 11) is 1.71. The molecule has 2 aromatic carbocycles. The van der Waals surface area contributed by atoms with E-state index in [1.807, 2.05) is 24.3 Å². The number of imidazole rings is 1. The molecule has 1 fully saturated rings. The Labute approximate surface area is 193 Å². The number of nitrogens with zero attached hydrogens (tertiary/aromatic N) is 4. The minimum absolute atomic E-state index is 0.369. The fourth-order valence-corrected chi connectivity index (χ4v) is 4.94. The van der Waals surface area contributed by atoms with E-state index in [1.54, 1.807) is 23.0 Å². The second-order valence-electron chi connectivity index (χ2n) is 7.91. The predicted octanol–water partition coefficient (Wildman–Crippen LogP) is 5.03. The number of carbonyl (C=O) groups is 1. The molecule has 2 unspecified atom stereocenters. The van der Waals surface area contributed by atoms with Crippen LogP contribution in [0.1, 0.15) is 34.1 Å². The van der Waals surface area contributed by atoms with Gasteiger partial charge in [0.05, 0.1) is 22.6 Å². The van der Waals surface area contributed by atoms with Crippen LogP contribution in [0.3, 0.4) is 0 Å². The SMILES string of the molecule is Cc1cc(C(F)(F)F)cc2c1nc(Cc1ccccc1C1C(Cl)N(C=O)CCN1Cl)n2C. The van der Waals surface area contributed by atoms with Crippen molar-refractivity contribution in [3.05, 3.63) is 64.5 Å². The number of halogens is 5. The third-order valence-corrected chi connectivity index (χ3v) is 6.77. The van der Waals surface area contributed by atoms with Gasteiger partial charge in [0, 0.05) is 26.6 Å². The Hall–Kier alpha value is -2.29. The quantitative estimate of drug-likeness (QED) is 0.226. The maximum absolute atomic E-state index is 13.3. The summed E-state index contributed by atoms with van der Waals surface area (Å²) in [5.41, 5.74) is 1.79. The third kappa shape index (κ3) is 4.07. The Kier molecular flexibility index (Phi) is 6.13. The fraction of sp³-hybridized carbons (Fsp3) is 0.364. The number of fused-ring (bicyclic) bond motifs is 1. The lowest BCUT2D eigenvalue weighted by molar-refractivity contribution is -0.137. The van der Waals surface area contributed by atoms with E-state index in [0.29, 0.717) is 48.3 Å². The summed E-state index contributed by atoms with van der Waals surface area (Å²) < 4.78 is 43.1. The van der Waals surface area contributed by atoms with Crippen molar-refractivity contribution in [1.29, 1.82) is 0 Å². The molecule has 0 N–H and O–H groups in total. The fourth-order valence-electron chi connectivity index (χ4n) is 4.18. The molecule has 0 radical (unpaired) electrons. The number of alkyl halides is 4. The minimum Gasteiger partial charge on any atom is -0.331 e. The van der Waals surface area contributed by atoms with Crippen LogP contribution in [0.4, 0.5) is 13.2 Å². The third-order valence-electron chi connectivity index (χ3n) is 5.91. The molecule has 1 aliphatic heterocycles. The number of piperazine rings is 1. The average molecular weight is 485 g/mol. The largest absolute Gasteiger partial charge is 0.416 e. The highest BCUT2D eigenvalue weighted by molar-refractivity contribution is 6.22. The van der Waals surface area contributed by atoms with Gasteiger partial charge in [0.15, 0.2) is 0 Å². The highest BCUT2D eigenvalue weighted by atomic mass is 35.5. The first-order valence-corrected chi connectivity index (χ1v) is 10.8. The van der Waals surface area contributed by atoms with Gasteiger partial charge in [0.1, 0.15) is 11.3 Å². The molecule has 0 spiro atoms. The summed E-state index contributed by atoms with van der Waals surface area (Å²) in [5, 5.41) is 0. The van der Waals surface area contributed by atoms with E-state index in [1.165, 1.54) is 4.90 Å². The number of amides is 1. The number of rotatable bonds is 4. The molecule has 170 valence electrons. The topological polar surface area (TPSA) is 41.4 Å². The van der Waals surface area contributed by atoms with E-state index in [4.69, 9.17) is 23.4 Å². The maximum atomic E-state index is 13.3. The van der Waals surface area contributed by atoms with Crippen molar-refractivity contribution >= 4 is 40.8 Å². The molecule has 4 rings (SSSR count). The van der Waals surface area contributed by atoms with Gasteiger partial charge in [-0.15, -0.1) is 0 Å². The Balaban J connectivity index is 1.75. The van der Waals surface area contributed by atoms with E-state index >= 15 is 0 Å². The Morgan fingerprint density at radius 2 is 1.94 bits per heavy atom. The molecule has 2 heterocycles. The van der Waals surface area contributed by atoms with E-state index in [2.05, 4.69) is 4.98 Å². The highest BCUT2D eigenvalue weighted by Crippen LogP contribution is 2.37. The normalized spacial score (nSPS) is 20.2. The Morgan fingerprint density at radius 1 is 1.22 bits per heavy atom. The van der Waals surface area contributed by atoms with Gasteiger partial charge in [-0.25, -0.2) is 9.40 Å². The number of hydrogen-bond acceptors (Lipinski definition) is 3. The summed E-state index contributed by atoms with van der Waals surface area (Å²) in [4.78, 5) is 17.5. The number of aromatic nitrogens is 2. The summed E-state index contributed by atoms with van der Waals surface area (Å²) in [6, 6.07) is 9.35. The van der Waals surface area contributed by atoms with Crippen molar-refractivity contribution in [3.8, 4) is 0 Å². The zero-order valence-electron chi connectivity index (χ0n) is 17.4. The van der Waals surface area contributed by atoms with Crippen molar-refractivity contribution in [2.45, 2.75) is 31.1 Å². The molecule has 1 aromatic heterocycles. The molecular weight excluding hydrogens is 464 g/mol. The summed E-state index contributed by atoms with van der Waals surface area (Å²) in [5.74, 6) is 0.616. The molecule has 3 aromatic rings. The Morgan fingerprint density at radius 3 is 2.62 bits per heavy atom. The molecule has 0 aliphatic carbocycles. The number of aryl methyl sites for hydroxylation is 2. The monoisotopic (exact) mass is 484 g/mol. The van der Waals surface area contributed by atoms with Crippen molar-refractivity contribution < 1.29 is 18.0 Å². The van der Waals surface area contributed by atoms with Gasteiger partial charge in [-0.05, 0) is 47.5 Å². The maximum Gasteiger partial charge on any atom is 0.416 e. The van der Waals surface area contributed by atoms with E-state index in [9.17, 15) is 18.0 Å².